The van der Waals surface area contributed by atoms with Crippen LogP contribution >= 0.6 is 0 Å². The van der Waals surface area contributed by atoms with E-state index in [9.17, 15) is 19.2 Å². The van der Waals surface area contributed by atoms with Crippen LogP contribution in [0.3, 0.4) is 0 Å². The standard InChI is InChI=1S/C29H42N4O7.C9H12/c1-18(2)40-23-7-6-19(12-24(23)38-5)27(36)32-14-20-15-33(28(37)29(3)8-10-39-11-9-29)17-22(21(20)16-32)26(35)31-13-25(34)30-4;1-2-6-9-7-4-3-5-8-9/h6-7,12,18,20-22H,8-11,13-17H2,1-5H3,(H,30,34)(H,31,35);3-5,7-8H,2,6H2,1H3. The molecule has 4 amide bonds. The lowest BCUT2D eigenvalue weighted by atomic mass is 9.76. The van der Waals surface area contributed by atoms with Crippen molar-refractivity contribution in [2.45, 2.75) is 59.5 Å². The predicted molar refractivity (Wildman–Crippen MR) is 187 cm³/mol. The Hall–Kier alpha value is -4.12. The summed E-state index contributed by atoms with van der Waals surface area (Å²) >= 11 is 0. The molecule has 11 nitrogen and oxygen atoms in total. The Balaban J connectivity index is 0.000000520. The summed E-state index contributed by atoms with van der Waals surface area (Å²) < 4.78 is 16.7. The lowest BCUT2D eigenvalue weighted by Gasteiger charge is -2.44. The van der Waals surface area contributed by atoms with Gasteiger partial charge in [0.1, 0.15) is 0 Å². The molecule has 3 atom stereocenters. The van der Waals surface area contributed by atoms with Crippen LogP contribution in [0.25, 0.3) is 0 Å². The number of rotatable bonds is 10. The maximum atomic E-state index is 13.7. The highest BCUT2D eigenvalue weighted by Gasteiger charge is 2.50. The molecule has 0 aromatic heterocycles. The molecular formula is C38H54N4O7. The van der Waals surface area contributed by atoms with Crippen LogP contribution in [0.2, 0.25) is 0 Å². The zero-order valence-corrected chi connectivity index (χ0v) is 30.0. The monoisotopic (exact) mass is 678 g/mol. The van der Waals surface area contributed by atoms with Crippen molar-refractivity contribution in [2.24, 2.45) is 23.2 Å². The molecular weight excluding hydrogens is 624 g/mol. The lowest BCUT2D eigenvalue weighted by Crippen LogP contribution is -2.56. The van der Waals surface area contributed by atoms with Crippen molar-refractivity contribution in [1.29, 1.82) is 0 Å². The molecule has 11 heteroatoms. The van der Waals surface area contributed by atoms with Gasteiger partial charge in [0, 0.05) is 52.0 Å². The first-order chi connectivity index (χ1) is 23.5. The van der Waals surface area contributed by atoms with Crippen LogP contribution in [0.4, 0.5) is 0 Å². The van der Waals surface area contributed by atoms with Gasteiger partial charge in [-0.2, -0.15) is 0 Å². The summed E-state index contributed by atoms with van der Waals surface area (Å²) in [5.41, 5.74) is 1.37. The number of ether oxygens (including phenoxy) is 3. The predicted octanol–water partition coefficient (Wildman–Crippen LogP) is 3.95. The highest BCUT2D eigenvalue weighted by Crippen LogP contribution is 2.40. The topological polar surface area (TPSA) is 127 Å². The van der Waals surface area contributed by atoms with Gasteiger partial charge in [0.25, 0.3) is 5.91 Å². The summed E-state index contributed by atoms with van der Waals surface area (Å²) in [5.74, 6) is -0.417. The highest BCUT2D eigenvalue weighted by atomic mass is 16.5. The number of carbonyl (C=O) groups is 4. The van der Waals surface area contributed by atoms with Crippen LogP contribution in [0.1, 0.15) is 62.9 Å². The number of benzene rings is 2. The van der Waals surface area contributed by atoms with E-state index in [1.165, 1.54) is 32.6 Å². The van der Waals surface area contributed by atoms with Crippen LogP contribution in [0.15, 0.2) is 48.5 Å². The molecule has 0 aliphatic carbocycles. The van der Waals surface area contributed by atoms with Crippen molar-refractivity contribution in [3.05, 3.63) is 59.7 Å². The van der Waals surface area contributed by atoms with Gasteiger partial charge in [0.15, 0.2) is 11.5 Å². The second-order valence-electron chi connectivity index (χ2n) is 13.8. The Labute approximate surface area is 291 Å². The molecule has 268 valence electrons. The third kappa shape index (κ3) is 9.74. The maximum Gasteiger partial charge on any atom is 0.254 e. The average Bonchev–Trinajstić information content (AvgIpc) is 3.55. The van der Waals surface area contributed by atoms with Gasteiger partial charge in [-0.25, -0.2) is 0 Å². The molecule has 3 aliphatic rings. The van der Waals surface area contributed by atoms with E-state index < -0.39 is 11.3 Å². The van der Waals surface area contributed by atoms with Crippen LogP contribution in [0, 0.1) is 23.2 Å². The van der Waals surface area contributed by atoms with E-state index in [1.807, 2.05) is 20.8 Å². The third-order valence-electron chi connectivity index (χ3n) is 9.76. The Morgan fingerprint density at radius 1 is 0.959 bits per heavy atom. The number of likely N-dealkylation sites (N-methyl/N-ethyl adjacent to an activating group) is 1. The van der Waals surface area contributed by atoms with Crippen molar-refractivity contribution in [2.75, 3.05) is 60.1 Å². The number of carbonyl (C=O) groups excluding carboxylic acids is 4. The second kappa shape index (κ2) is 17.5. The molecule has 5 rings (SSSR count). The molecule has 2 aromatic carbocycles. The van der Waals surface area contributed by atoms with E-state index in [2.05, 4.69) is 47.9 Å². The molecule has 3 aliphatic heterocycles. The Kier molecular flexibility index (Phi) is 13.5. The van der Waals surface area contributed by atoms with Gasteiger partial charge in [0.05, 0.1) is 31.1 Å². The van der Waals surface area contributed by atoms with Crippen molar-refractivity contribution in [3.8, 4) is 11.5 Å². The lowest BCUT2D eigenvalue weighted by molar-refractivity contribution is -0.152. The van der Waals surface area contributed by atoms with Crippen LogP contribution < -0.4 is 20.1 Å². The number of fused-ring (bicyclic) bond motifs is 1. The molecule has 3 fully saturated rings. The Morgan fingerprint density at radius 3 is 2.29 bits per heavy atom. The number of amides is 4. The van der Waals surface area contributed by atoms with Crippen LogP contribution in [0.5, 0.6) is 11.5 Å². The minimum Gasteiger partial charge on any atom is -0.493 e. The largest absolute Gasteiger partial charge is 0.493 e. The van der Waals surface area contributed by atoms with Crippen molar-refractivity contribution >= 4 is 23.6 Å². The van der Waals surface area contributed by atoms with E-state index in [-0.39, 0.29) is 54.7 Å². The molecule has 3 unspecified atom stereocenters. The normalized spacial score (nSPS) is 21.2. The van der Waals surface area contributed by atoms with E-state index in [0.29, 0.717) is 62.8 Å². The zero-order valence-electron chi connectivity index (χ0n) is 30.0. The Bertz CT molecular complexity index is 1430. The van der Waals surface area contributed by atoms with Gasteiger partial charge in [0.2, 0.25) is 17.7 Å². The first-order valence-corrected chi connectivity index (χ1v) is 17.5. The smallest absolute Gasteiger partial charge is 0.254 e. The molecule has 0 spiro atoms. The van der Waals surface area contributed by atoms with E-state index in [4.69, 9.17) is 14.2 Å². The maximum absolute atomic E-state index is 13.7. The molecule has 3 heterocycles. The van der Waals surface area contributed by atoms with Gasteiger partial charge in [-0.15, -0.1) is 0 Å². The van der Waals surface area contributed by atoms with Gasteiger partial charge >= 0.3 is 0 Å². The zero-order chi connectivity index (χ0) is 35.6. The van der Waals surface area contributed by atoms with Crippen molar-refractivity contribution in [3.63, 3.8) is 0 Å². The molecule has 2 aromatic rings. The van der Waals surface area contributed by atoms with Gasteiger partial charge in [-0.05, 0) is 68.7 Å². The van der Waals surface area contributed by atoms with Gasteiger partial charge < -0.3 is 34.6 Å². The first-order valence-electron chi connectivity index (χ1n) is 17.5. The number of methoxy groups -OCH3 is 1. The summed E-state index contributed by atoms with van der Waals surface area (Å²) in [4.78, 5) is 56.1. The quantitative estimate of drug-likeness (QED) is 0.390. The molecule has 3 saturated heterocycles. The Morgan fingerprint density at radius 2 is 1.65 bits per heavy atom. The number of likely N-dealkylation sites (tertiary alicyclic amines) is 2. The van der Waals surface area contributed by atoms with E-state index >= 15 is 0 Å². The first kappa shape index (κ1) is 37.7. The fraction of sp³-hybridized carbons (Fsp3) is 0.579. The van der Waals surface area contributed by atoms with Gasteiger partial charge in [-0.3, -0.25) is 19.2 Å². The van der Waals surface area contributed by atoms with Crippen LogP contribution in [-0.2, 0) is 25.5 Å². The number of nitrogens with zero attached hydrogens (tertiary/aromatic N) is 2. The highest BCUT2D eigenvalue weighted by molar-refractivity contribution is 5.95. The van der Waals surface area contributed by atoms with Crippen molar-refractivity contribution < 1.29 is 33.4 Å². The number of hydrogen-bond donors (Lipinski definition) is 2. The second-order valence-corrected chi connectivity index (χ2v) is 13.8. The van der Waals surface area contributed by atoms with Gasteiger partial charge in [-0.1, -0.05) is 50.6 Å². The number of piperidine rings is 1. The van der Waals surface area contributed by atoms with E-state index in [1.54, 1.807) is 28.0 Å². The minimum absolute atomic E-state index is 0.0219. The molecule has 0 saturated carbocycles. The molecule has 2 N–H and O–H groups in total. The minimum atomic E-state index is -0.543. The summed E-state index contributed by atoms with van der Waals surface area (Å²) in [7, 11) is 3.05. The fourth-order valence-electron chi connectivity index (χ4n) is 6.96. The number of hydrogen-bond acceptors (Lipinski definition) is 7. The molecule has 49 heavy (non-hydrogen) atoms. The number of nitrogens with one attached hydrogen (secondary N) is 2. The molecule has 0 bridgehead atoms. The fourth-order valence-corrected chi connectivity index (χ4v) is 6.96. The summed E-state index contributed by atoms with van der Waals surface area (Å²) in [6.07, 6.45) is 3.67. The van der Waals surface area contributed by atoms with E-state index in [0.717, 1.165) is 0 Å². The third-order valence-corrected chi connectivity index (χ3v) is 9.76. The molecule has 0 radical (unpaired) electrons. The summed E-state index contributed by atoms with van der Waals surface area (Å²) in [5, 5.41) is 5.24. The summed E-state index contributed by atoms with van der Waals surface area (Å²) in [6, 6.07) is 15.7. The SMILES string of the molecule is CCCc1ccccc1.CNC(=O)CNC(=O)C1CN(C(=O)C2(C)CCOCC2)CC2CN(C(=O)c3ccc(OC(C)C)c(OC)c3)CC21. The van der Waals surface area contributed by atoms with Crippen LogP contribution in [-0.4, -0.2) is 99.6 Å². The summed E-state index contributed by atoms with van der Waals surface area (Å²) in [6.45, 7) is 10.5. The average molecular weight is 679 g/mol. The number of aryl methyl sites for hydroxylation is 1. The van der Waals surface area contributed by atoms with Crippen molar-refractivity contribution in [1.82, 2.24) is 20.4 Å².